The molecule has 2 aromatic rings. The molecule has 0 spiro atoms. The highest BCUT2D eigenvalue weighted by molar-refractivity contribution is 6.31. The maximum atomic E-state index is 12.9. The average molecular weight is 376 g/mol. The molecule has 0 unspecified atom stereocenters. The molecule has 0 radical (unpaired) electrons. The average Bonchev–Trinajstić information content (AvgIpc) is 2.90. The molecule has 1 aromatic heterocycles. The van der Waals surface area contributed by atoms with Gasteiger partial charge in [0.1, 0.15) is 0 Å². The highest BCUT2D eigenvalue weighted by Crippen LogP contribution is 2.23. The maximum absolute atomic E-state index is 12.9. The third-order valence-electron chi connectivity index (χ3n) is 5.00. The number of aliphatic carboxylic acids is 1. The third kappa shape index (κ3) is 3.60. The van der Waals surface area contributed by atoms with Crippen LogP contribution >= 0.6 is 11.6 Å². The molecule has 1 aromatic carbocycles. The first kappa shape index (κ1) is 18.5. The summed E-state index contributed by atoms with van der Waals surface area (Å²) in [5, 5.41) is 14.3. The highest BCUT2D eigenvalue weighted by atomic mass is 35.5. The lowest BCUT2D eigenvalue weighted by atomic mass is 9.96. The molecule has 0 aliphatic carbocycles. The molecule has 3 rings (SSSR count). The number of halogens is 1. The van der Waals surface area contributed by atoms with Crippen molar-refractivity contribution in [3.05, 3.63) is 51.8 Å². The lowest BCUT2D eigenvalue weighted by Crippen LogP contribution is -2.40. The molecule has 2 heterocycles. The van der Waals surface area contributed by atoms with E-state index in [2.05, 4.69) is 5.10 Å². The van der Waals surface area contributed by atoms with Crippen LogP contribution in [-0.4, -0.2) is 44.8 Å². The van der Waals surface area contributed by atoms with E-state index in [-0.39, 0.29) is 11.8 Å². The minimum Gasteiger partial charge on any atom is -0.481 e. The molecule has 0 saturated carbocycles. The summed E-state index contributed by atoms with van der Waals surface area (Å²) in [5.74, 6) is -1.21. The summed E-state index contributed by atoms with van der Waals surface area (Å²) in [6, 6.07) is 7.58. The minimum atomic E-state index is -0.781. The van der Waals surface area contributed by atoms with Gasteiger partial charge in [0.2, 0.25) is 0 Å². The number of aromatic nitrogens is 2. The van der Waals surface area contributed by atoms with E-state index in [0.29, 0.717) is 48.8 Å². The summed E-state index contributed by atoms with van der Waals surface area (Å²) in [7, 11) is 0. The lowest BCUT2D eigenvalue weighted by molar-refractivity contribution is -0.143. The highest BCUT2D eigenvalue weighted by Gasteiger charge is 2.30. The van der Waals surface area contributed by atoms with Crippen LogP contribution in [0, 0.1) is 19.8 Å². The Hall–Kier alpha value is -2.34. The minimum absolute atomic E-state index is 0.0748. The first-order valence-electron chi connectivity index (χ1n) is 8.68. The van der Waals surface area contributed by atoms with Crippen LogP contribution in [0.3, 0.4) is 0 Å². The van der Waals surface area contributed by atoms with Gasteiger partial charge in [-0.3, -0.25) is 14.3 Å². The number of benzene rings is 1. The van der Waals surface area contributed by atoms with Crippen molar-refractivity contribution in [2.45, 2.75) is 33.2 Å². The van der Waals surface area contributed by atoms with Crippen LogP contribution in [0.4, 0.5) is 0 Å². The van der Waals surface area contributed by atoms with Crippen molar-refractivity contribution in [1.29, 1.82) is 0 Å². The van der Waals surface area contributed by atoms with Crippen LogP contribution in [0.1, 0.15) is 40.2 Å². The SMILES string of the molecule is Cc1nn(Cc2ccccc2Cl)c(C)c1C(=O)N1CCC(C(=O)O)CC1. The molecule has 6 nitrogen and oxygen atoms in total. The van der Waals surface area contributed by atoms with Crippen LogP contribution in [0.25, 0.3) is 0 Å². The van der Waals surface area contributed by atoms with E-state index in [9.17, 15) is 9.59 Å². The molecule has 0 atom stereocenters. The Kier molecular flexibility index (Phi) is 5.32. The van der Waals surface area contributed by atoms with E-state index in [1.54, 1.807) is 9.58 Å². The van der Waals surface area contributed by atoms with Crippen molar-refractivity contribution in [2.75, 3.05) is 13.1 Å². The first-order chi connectivity index (χ1) is 12.4. The number of piperidine rings is 1. The van der Waals surface area contributed by atoms with E-state index < -0.39 is 5.97 Å². The second-order valence-electron chi connectivity index (χ2n) is 6.70. The Morgan fingerprint density at radius 3 is 2.50 bits per heavy atom. The predicted molar refractivity (Wildman–Crippen MR) is 98.5 cm³/mol. The van der Waals surface area contributed by atoms with Gasteiger partial charge >= 0.3 is 5.97 Å². The number of nitrogens with zero attached hydrogens (tertiary/aromatic N) is 3. The molecular weight excluding hydrogens is 354 g/mol. The molecule has 26 heavy (non-hydrogen) atoms. The van der Waals surface area contributed by atoms with Gasteiger partial charge in [0.05, 0.1) is 23.7 Å². The first-order valence-corrected chi connectivity index (χ1v) is 9.05. The second-order valence-corrected chi connectivity index (χ2v) is 7.11. The summed E-state index contributed by atoms with van der Waals surface area (Å²) in [5.41, 5.74) is 3.03. The fraction of sp³-hybridized carbons (Fsp3) is 0.421. The molecule has 1 aliphatic heterocycles. The molecule has 1 aliphatic rings. The van der Waals surface area contributed by atoms with E-state index in [1.807, 2.05) is 38.1 Å². The van der Waals surface area contributed by atoms with Gasteiger partial charge in [0.25, 0.3) is 5.91 Å². The number of carbonyl (C=O) groups excluding carboxylic acids is 1. The third-order valence-corrected chi connectivity index (χ3v) is 5.37. The van der Waals surface area contributed by atoms with Crippen molar-refractivity contribution in [3.8, 4) is 0 Å². The van der Waals surface area contributed by atoms with E-state index >= 15 is 0 Å². The monoisotopic (exact) mass is 375 g/mol. The lowest BCUT2D eigenvalue weighted by Gasteiger charge is -2.30. The zero-order chi connectivity index (χ0) is 18.8. The van der Waals surface area contributed by atoms with E-state index in [0.717, 1.165) is 11.3 Å². The van der Waals surface area contributed by atoms with Gasteiger partial charge in [0.15, 0.2) is 0 Å². The zero-order valence-electron chi connectivity index (χ0n) is 14.9. The molecular formula is C19H22ClN3O3. The van der Waals surface area contributed by atoms with E-state index in [1.165, 1.54) is 0 Å². The number of aryl methyl sites for hydroxylation is 1. The van der Waals surface area contributed by atoms with Gasteiger partial charge in [-0.15, -0.1) is 0 Å². The van der Waals surface area contributed by atoms with Gasteiger partial charge < -0.3 is 10.0 Å². The van der Waals surface area contributed by atoms with E-state index in [4.69, 9.17) is 16.7 Å². The standard InChI is InChI=1S/C19H22ClN3O3/c1-12-17(18(24)22-9-7-14(8-10-22)19(25)26)13(2)23(21-12)11-15-5-3-4-6-16(15)20/h3-6,14H,7-11H2,1-2H3,(H,25,26). The molecule has 1 amide bonds. The summed E-state index contributed by atoms with van der Waals surface area (Å²) in [6.07, 6.45) is 0.986. The zero-order valence-corrected chi connectivity index (χ0v) is 15.7. The number of likely N-dealkylation sites (tertiary alicyclic amines) is 1. The van der Waals surface area contributed by atoms with Crippen molar-refractivity contribution in [1.82, 2.24) is 14.7 Å². The quantitative estimate of drug-likeness (QED) is 0.890. The van der Waals surface area contributed by atoms with Gasteiger partial charge in [0, 0.05) is 23.8 Å². The van der Waals surface area contributed by atoms with Crippen molar-refractivity contribution in [3.63, 3.8) is 0 Å². The van der Waals surface area contributed by atoms with Crippen molar-refractivity contribution < 1.29 is 14.7 Å². The van der Waals surface area contributed by atoms with Crippen LogP contribution < -0.4 is 0 Å². The number of rotatable bonds is 4. The Labute approximate surface area is 157 Å². The molecule has 0 bridgehead atoms. The van der Waals surface area contributed by atoms with Gasteiger partial charge in [-0.2, -0.15) is 5.10 Å². The second kappa shape index (κ2) is 7.50. The number of carboxylic acids is 1. The van der Waals surface area contributed by atoms with Crippen LogP contribution in [0.15, 0.2) is 24.3 Å². The number of amides is 1. The summed E-state index contributed by atoms with van der Waals surface area (Å²) in [6.45, 7) is 5.14. The number of carboxylic acid groups (broad SMARTS) is 1. The van der Waals surface area contributed by atoms with Crippen LogP contribution in [0.5, 0.6) is 0 Å². The Balaban J connectivity index is 1.79. The Morgan fingerprint density at radius 1 is 1.23 bits per heavy atom. The summed E-state index contributed by atoms with van der Waals surface area (Å²) in [4.78, 5) is 25.8. The van der Waals surface area contributed by atoms with Crippen molar-refractivity contribution in [2.24, 2.45) is 5.92 Å². The number of hydrogen-bond acceptors (Lipinski definition) is 3. The topological polar surface area (TPSA) is 75.4 Å². The summed E-state index contributed by atoms with van der Waals surface area (Å²) >= 11 is 6.23. The van der Waals surface area contributed by atoms with Crippen LogP contribution in [-0.2, 0) is 11.3 Å². The molecule has 138 valence electrons. The molecule has 1 saturated heterocycles. The molecule has 1 fully saturated rings. The number of carbonyl (C=O) groups is 2. The van der Waals surface area contributed by atoms with Gasteiger partial charge in [-0.25, -0.2) is 0 Å². The Bertz CT molecular complexity index is 839. The Morgan fingerprint density at radius 2 is 1.88 bits per heavy atom. The smallest absolute Gasteiger partial charge is 0.306 e. The molecule has 1 N–H and O–H groups in total. The van der Waals surface area contributed by atoms with Gasteiger partial charge in [-0.1, -0.05) is 29.8 Å². The number of hydrogen-bond donors (Lipinski definition) is 1. The predicted octanol–water partition coefficient (Wildman–Crippen LogP) is 3.14. The fourth-order valence-electron chi connectivity index (χ4n) is 3.44. The van der Waals surface area contributed by atoms with Crippen LogP contribution in [0.2, 0.25) is 5.02 Å². The largest absolute Gasteiger partial charge is 0.481 e. The molecule has 7 heteroatoms. The van der Waals surface area contributed by atoms with Crippen molar-refractivity contribution >= 4 is 23.5 Å². The maximum Gasteiger partial charge on any atom is 0.306 e. The fourth-order valence-corrected chi connectivity index (χ4v) is 3.63. The normalized spacial score (nSPS) is 15.3. The van der Waals surface area contributed by atoms with Gasteiger partial charge in [-0.05, 0) is 38.3 Å². The summed E-state index contributed by atoms with van der Waals surface area (Å²) < 4.78 is 1.80.